The fraction of sp³-hybridized carbons (Fsp3) is 0.526. The van der Waals surface area contributed by atoms with Gasteiger partial charge in [0.15, 0.2) is 0 Å². The SMILES string of the molecule is CC(C)(C)OC(=O)c1cc2ccc(O[Si](C)(C)C(C)(C)C)cc2[nH]1. The largest absolute Gasteiger partial charge is 0.543 e. The molecule has 0 saturated carbocycles. The van der Waals surface area contributed by atoms with E-state index in [1.807, 2.05) is 45.0 Å². The number of ether oxygens (including phenoxy) is 1. The van der Waals surface area contributed by atoms with Gasteiger partial charge in [0.25, 0.3) is 0 Å². The third-order valence-electron chi connectivity index (χ3n) is 4.39. The zero-order chi connectivity index (χ0) is 18.3. The third-order valence-corrected chi connectivity index (χ3v) is 8.75. The molecule has 0 spiro atoms. The van der Waals surface area contributed by atoms with Crippen molar-refractivity contribution in [3.05, 3.63) is 30.0 Å². The Balaban J connectivity index is 2.28. The van der Waals surface area contributed by atoms with Gasteiger partial charge in [-0.25, -0.2) is 4.79 Å². The first-order chi connectivity index (χ1) is 10.8. The Morgan fingerprint density at radius 1 is 1.04 bits per heavy atom. The molecule has 0 radical (unpaired) electrons. The number of fused-ring (bicyclic) bond motifs is 1. The molecule has 1 aromatic heterocycles. The van der Waals surface area contributed by atoms with Gasteiger partial charge in [0, 0.05) is 17.0 Å². The van der Waals surface area contributed by atoms with E-state index in [2.05, 4.69) is 38.8 Å². The van der Waals surface area contributed by atoms with Crippen molar-refractivity contribution in [2.45, 2.75) is 65.3 Å². The molecule has 1 aromatic carbocycles. The Bertz CT molecular complexity index is 748. The number of rotatable bonds is 3. The summed E-state index contributed by atoms with van der Waals surface area (Å²) in [4.78, 5) is 15.3. The number of esters is 1. The molecular weight excluding hydrogens is 318 g/mol. The van der Waals surface area contributed by atoms with Crippen molar-refractivity contribution < 1.29 is 14.0 Å². The van der Waals surface area contributed by atoms with Crippen LogP contribution in [0.25, 0.3) is 10.9 Å². The summed E-state index contributed by atoms with van der Waals surface area (Å²) in [6, 6.07) is 7.72. The lowest BCUT2D eigenvalue weighted by molar-refractivity contribution is 0.00639. The lowest BCUT2D eigenvalue weighted by atomic mass is 10.2. The minimum atomic E-state index is -1.89. The van der Waals surface area contributed by atoms with Crippen LogP contribution in [0.2, 0.25) is 18.1 Å². The van der Waals surface area contributed by atoms with Crippen LogP contribution < -0.4 is 4.43 Å². The lowest BCUT2D eigenvalue weighted by Crippen LogP contribution is -2.43. The van der Waals surface area contributed by atoms with Gasteiger partial charge in [-0.1, -0.05) is 20.8 Å². The molecule has 0 bridgehead atoms. The maximum absolute atomic E-state index is 12.2. The van der Waals surface area contributed by atoms with Crippen molar-refractivity contribution in [3.63, 3.8) is 0 Å². The molecule has 2 aromatic rings. The molecule has 0 aliphatic carbocycles. The molecule has 0 fully saturated rings. The van der Waals surface area contributed by atoms with Gasteiger partial charge >= 0.3 is 5.97 Å². The molecule has 0 atom stereocenters. The van der Waals surface area contributed by atoms with Crippen LogP contribution in [0, 0.1) is 0 Å². The van der Waals surface area contributed by atoms with Crippen LogP contribution >= 0.6 is 0 Å². The lowest BCUT2D eigenvalue weighted by Gasteiger charge is -2.36. The molecule has 2 rings (SSSR count). The number of benzene rings is 1. The molecule has 24 heavy (non-hydrogen) atoms. The Morgan fingerprint density at radius 3 is 2.21 bits per heavy atom. The smallest absolute Gasteiger partial charge is 0.355 e. The number of hydrogen-bond donors (Lipinski definition) is 1. The second-order valence-corrected chi connectivity index (χ2v) is 13.5. The highest BCUT2D eigenvalue weighted by atomic mass is 28.4. The van der Waals surface area contributed by atoms with Crippen molar-refractivity contribution in [2.75, 3.05) is 0 Å². The maximum atomic E-state index is 12.2. The molecule has 1 heterocycles. The van der Waals surface area contributed by atoms with Crippen LogP contribution in [0.5, 0.6) is 5.75 Å². The van der Waals surface area contributed by atoms with Gasteiger partial charge in [-0.2, -0.15) is 0 Å². The van der Waals surface area contributed by atoms with Crippen LogP contribution in [0.15, 0.2) is 24.3 Å². The summed E-state index contributed by atoms with van der Waals surface area (Å²) in [6.07, 6.45) is 0. The third kappa shape index (κ3) is 4.20. The van der Waals surface area contributed by atoms with Crippen molar-refractivity contribution >= 4 is 25.2 Å². The molecule has 1 N–H and O–H groups in total. The molecule has 132 valence electrons. The average molecular weight is 348 g/mol. The minimum Gasteiger partial charge on any atom is -0.543 e. The Hall–Kier alpha value is -1.75. The van der Waals surface area contributed by atoms with Gasteiger partial charge in [-0.15, -0.1) is 0 Å². The Kier molecular flexibility index (Phi) is 4.61. The summed E-state index contributed by atoms with van der Waals surface area (Å²) in [6.45, 7) is 16.7. The van der Waals surface area contributed by atoms with Crippen molar-refractivity contribution in [2.24, 2.45) is 0 Å². The second kappa shape index (κ2) is 5.95. The van der Waals surface area contributed by atoms with Gasteiger partial charge in [-0.05, 0) is 57.1 Å². The highest BCUT2D eigenvalue weighted by Gasteiger charge is 2.39. The van der Waals surface area contributed by atoms with E-state index in [1.165, 1.54) is 0 Å². The summed E-state index contributed by atoms with van der Waals surface area (Å²) in [5, 5.41) is 1.11. The van der Waals surface area contributed by atoms with Crippen LogP contribution in [-0.4, -0.2) is 24.9 Å². The fourth-order valence-corrected chi connectivity index (χ4v) is 3.08. The first kappa shape index (κ1) is 18.6. The highest BCUT2D eigenvalue weighted by Crippen LogP contribution is 2.37. The normalized spacial score (nSPS) is 13.2. The van der Waals surface area contributed by atoms with Crippen LogP contribution in [0.4, 0.5) is 0 Å². The molecule has 0 aliphatic rings. The van der Waals surface area contributed by atoms with Crippen LogP contribution in [-0.2, 0) is 4.74 Å². The van der Waals surface area contributed by atoms with E-state index in [4.69, 9.17) is 9.16 Å². The number of aromatic amines is 1. The molecule has 0 amide bonds. The van der Waals surface area contributed by atoms with E-state index in [9.17, 15) is 4.79 Å². The predicted molar refractivity (Wildman–Crippen MR) is 101 cm³/mol. The van der Waals surface area contributed by atoms with Crippen LogP contribution in [0.3, 0.4) is 0 Å². The quantitative estimate of drug-likeness (QED) is 0.588. The zero-order valence-corrected chi connectivity index (χ0v) is 17.0. The standard InChI is InChI=1S/C19H29NO3Si/c1-18(2,3)22-17(21)16-11-13-9-10-14(12-15(13)20-16)23-24(7,8)19(4,5)6/h9-12,20H,1-8H3. The van der Waals surface area contributed by atoms with E-state index < -0.39 is 13.9 Å². The van der Waals surface area contributed by atoms with E-state index in [1.54, 1.807) is 0 Å². The van der Waals surface area contributed by atoms with Crippen molar-refractivity contribution in [3.8, 4) is 5.75 Å². The van der Waals surface area contributed by atoms with Crippen molar-refractivity contribution in [1.82, 2.24) is 4.98 Å². The number of hydrogen-bond acceptors (Lipinski definition) is 3. The van der Waals surface area contributed by atoms with Gasteiger partial charge in [0.05, 0.1) is 0 Å². The highest BCUT2D eigenvalue weighted by molar-refractivity contribution is 6.74. The van der Waals surface area contributed by atoms with Gasteiger partial charge in [0.1, 0.15) is 17.0 Å². The summed E-state index contributed by atoms with van der Waals surface area (Å²) in [7, 11) is -1.89. The predicted octanol–water partition coefficient (Wildman–Crippen LogP) is 5.51. The van der Waals surface area contributed by atoms with Gasteiger partial charge in [-0.3, -0.25) is 0 Å². The Labute approximate surface area is 145 Å². The monoisotopic (exact) mass is 347 g/mol. The van der Waals surface area contributed by atoms with E-state index in [0.717, 1.165) is 16.7 Å². The molecule has 0 aliphatic heterocycles. The number of carbonyl (C=O) groups excluding carboxylic acids is 1. The molecule has 0 unspecified atom stereocenters. The van der Waals surface area contributed by atoms with E-state index in [0.29, 0.717) is 5.69 Å². The molecular formula is C19H29NO3Si. The summed E-state index contributed by atoms with van der Waals surface area (Å²) in [5.41, 5.74) is 0.835. The second-order valence-electron chi connectivity index (χ2n) is 8.80. The van der Waals surface area contributed by atoms with Gasteiger partial charge < -0.3 is 14.1 Å². The summed E-state index contributed by atoms with van der Waals surface area (Å²) >= 11 is 0. The topological polar surface area (TPSA) is 51.3 Å². The van der Waals surface area contributed by atoms with Crippen LogP contribution in [0.1, 0.15) is 52.0 Å². The first-order valence-electron chi connectivity index (χ1n) is 8.34. The van der Waals surface area contributed by atoms with Crippen molar-refractivity contribution in [1.29, 1.82) is 0 Å². The average Bonchev–Trinajstić information content (AvgIpc) is 2.78. The zero-order valence-electron chi connectivity index (χ0n) is 16.0. The number of carbonyl (C=O) groups is 1. The maximum Gasteiger partial charge on any atom is 0.355 e. The fourth-order valence-electron chi connectivity index (χ4n) is 2.06. The summed E-state index contributed by atoms with van der Waals surface area (Å²) in [5.74, 6) is 0.497. The molecule has 0 saturated heterocycles. The van der Waals surface area contributed by atoms with E-state index >= 15 is 0 Å². The molecule has 5 heteroatoms. The van der Waals surface area contributed by atoms with E-state index in [-0.39, 0.29) is 11.0 Å². The number of H-pyrrole nitrogens is 1. The number of nitrogens with one attached hydrogen (secondary N) is 1. The minimum absolute atomic E-state index is 0.138. The van der Waals surface area contributed by atoms with Gasteiger partial charge in [0.2, 0.25) is 8.32 Å². The number of aromatic nitrogens is 1. The molecule has 4 nitrogen and oxygen atoms in total. The first-order valence-corrected chi connectivity index (χ1v) is 11.2. The summed E-state index contributed by atoms with van der Waals surface area (Å²) < 4.78 is 11.7. The Morgan fingerprint density at radius 2 is 1.67 bits per heavy atom.